The summed E-state index contributed by atoms with van der Waals surface area (Å²) in [4.78, 5) is 12.2. The molecule has 0 bridgehead atoms. The number of aromatic nitrogens is 4. The molecule has 0 amide bonds. The summed E-state index contributed by atoms with van der Waals surface area (Å²) in [6.45, 7) is 2.11. The summed E-state index contributed by atoms with van der Waals surface area (Å²) < 4.78 is 28.1. The van der Waals surface area contributed by atoms with Gasteiger partial charge in [0.05, 0.1) is 13.4 Å². The van der Waals surface area contributed by atoms with Crippen LogP contribution in [0.4, 0.5) is 5.95 Å². The third kappa shape index (κ3) is 2.98. The molecular formula is C12H17N5O5P+. The summed E-state index contributed by atoms with van der Waals surface area (Å²) in [7, 11) is -0.695. The minimum Gasteiger partial charge on any atom is -0.479 e. The second kappa shape index (κ2) is 6.32. The molecule has 3 rings (SSSR count). The van der Waals surface area contributed by atoms with Gasteiger partial charge in [-0.1, -0.05) is 6.92 Å². The third-order valence-corrected chi connectivity index (χ3v) is 4.60. The molecule has 0 spiro atoms. The molecule has 0 aliphatic carbocycles. The highest BCUT2D eigenvalue weighted by atomic mass is 31.1. The highest BCUT2D eigenvalue weighted by Crippen LogP contribution is 2.38. The number of nitrogens with zero attached hydrogens (tertiary/aromatic N) is 4. The number of aliphatic hydroxyl groups excluding tert-OH is 1. The molecule has 10 nitrogen and oxygen atoms in total. The number of methoxy groups -OCH3 is 1. The first-order valence-corrected chi connectivity index (χ1v) is 8.10. The van der Waals surface area contributed by atoms with E-state index in [0.29, 0.717) is 24.2 Å². The summed E-state index contributed by atoms with van der Waals surface area (Å²) in [6.07, 6.45) is 0.570. The largest absolute Gasteiger partial charge is 0.697 e. The van der Waals surface area contributed by atoms with Gasteiger partial charge in [-0.05, 0) is 0 Å². The fraction of sp³-hybridized carbons (Fsp3) is 0.583. The van der Waals surface area contributed by atoms with E-state index in [2.05, 4.69) is 15.0 Å². The van der Waals surface area contributed by atoms with E-state index in [1.165, 1.54) is 18.0 Å². The number of imidazole rings is 1. The van der Waals surface area contributed by atoms with Gasteiger partial charge >= 0.3 is 8.25 Å². The average molecular weight is 342 g/mol. The van der Waals surface area contributed by atoms with Gasteiger partial charge in [0.15, 0.2) is 11.2 Å². The summed E-state index contributed by atoms with van der Waals surface area (Å²) >= 11 is 0. The molecule has 124 valence electrons. The molecule has 11 heteroatoms. The van der Waals surface area contributed by atoms with Crippen molar-refractivity contribution in [2.75, 3.05) is 19.5 Å². The van der Waals surface area contributed by atoms with Crippen LogP contribution < -0.4 is 10.5 Å². The van der Waals surface area contributed by atoms with Crippen LogP contribution >= 0.6 is 8.25 Å². The quantitative estimate of drug-likeness (QED) is 0.780. The normalized spacial score (nSPS) is 22.9. The van der Waals surface area contributed by atoms with E-state index >= 15 is 0 Å². The maximum atomic E-state index is 11.4. The van der Waals surface area contributed by atoms with E-state index < -0.39 is 20.6 Å². The molecule has 4 atom stereocenters. The van der Waals surface area contributed by atoms with Crippen molar-refractivity contribution in [3.8, 4) is 5.88 Å². The van der Waals surface area contributed by atoms with E-state index in [0.717, 1.165) is 0 Å². The molecule has 1 aliphatic rings. The van der Waals surface area contributed by atoms with Crippen LogP contribution in [0.15, 0.2) is 6.33 Å². The Morgan fingerprint density at radius 1 is 1.57 bits per heavy atom. The number of anilines is 1. The molecule has 3 heterocycles. The SMILES string of the molecule is COc1nc(N)nc2c1ncn2C(O)C(C)C1CCO[P+](=O)O1. The van der Waals surface area contributed by atoms with Crippen molar-refractivity contribution in [2.45, 2.75) is 25.7 Å². The highest BCUT2D eigenvalue weighted by molar-refractivity contribution is 7.33. The molecule has 1 fully saturated rings. The molecule has 23 heavy (non-hydrogen) atoms. The maximum absolute atomic E-state index is 11.4. The molecule has 4 unspecified atom stereocenters. The Kier molecular flexibility index (Phi) is 4.40. The molecule has 0 radical (unpaired) electrons. The van der Waals surface area contributed by atoms with E-state index in [-0.39, 0.29) is 17.7 Å². The number of aliphatic hydroxyl groups is 1. The number of fused-ring (bicyclic) bond motifs is 1. The summed E-state index contributed by atoms with van der Waals surface area (Å²) in [6, 6.07) is 0. The first kappa shape index (κ1) is 16.0. The van der Waals surface area contributed by atoms with Crippen LogP contribution in [0, 0.1) is 5.92 Å². The Bertz CT molecular complexity index is 738. The van der Waals surface area contributed by atoms with Crippen LogP contribution in [0.1, 0.15) is 19.6 Å². The van der Waals surface area contributed by atoms with Crippen molar-refractivity contribution in [1.29, 1.82) is 0 Å². The maximum Gasteiger partial charge on any atom is 0.697 e. The molecule has 2 aromatic rings. The topological polar surface area (TPSA) is 135 Å². The van der Waals surface area contributed by atoms with Gasteiger partial charge in [-0.25, -0.2) is 4.98 Å². The van der Waals surface area contributed by atoms with Crippen molar-refractivity contribution in [3.05, 3.63) is 6.33 Å². The smallest absolute Gasteiger partial charge is 0.479 e. The lowest BCUT2D eigenvalue weighted by Gasteiger charge is -2.25. The van der Waals surface area contributed by atoms with Crippen LogP contribution in [-0.2, 0) is 13.6 Å². The number of rotatable bonds is 4. The standard InChI is InChI=1S/C12H17N5O5P/c1-6(7-3-4-21-23(19)22-7)11(18)17-5-14-8-9(17)15-12(13)16-10(8)20-2/h5-7,11,18H,3-4H2,1-2H3,(H2,13,15,16)/q+1. The van der Waals surface area contributed by atoms with E-state index in [9.17, 15) is 9.67 Å². The van der Waals surface area contributed by atoms with Crippen LogP contribution in [0.2, 0.25) is 0 Å². The molecule has 0 saturated carbocycles. The molecule has 3 N–H and O–H groups in total. The Hall–Kier alpha value is -1.87. The van der Waals surface area contributed by atoms with Crippen molar-refractivity contribution >= 4 is 25.4 Å². The van der Waals surface area contributed by atoms with Gasteiger partial charge in [0, 0.05) is 16.9 Å². The highest BCUT2D eigenvalue weighted by Gasteiger charge is 2.39. The number of hydrogen-bond donors (Lipinski definition) is 2. The van der Waals surface area contributed by atoms with Gasteiger partial charge in [0.25, 0.3) is 0 Å². The number of hydrogen-bond acceptors (Lipinski definition) is 9. The molecule has 1 saturated heterocycles. The van der Waals surface area contributed by atoms with E-state index in [1.807, 2.05) is 0 Å². The fourth-order valence-corrected chi connectivity index (χ4v) is 3.32. The number of nitrogen functional groups attached to an aromatic ring is 1. The zero-order chi connectivity index (χ0) is 16.6. The van der Waals surface area contributed by atoms with Gasteiger partial charge < -0.3 is 15.6 Å². The van der Waals surface area contributed by atoms with Crippen LogP contribution in [0.3, 0.4) is 0 Å². The zero-order valence-corrected chi connectivity index (χ0v) is 13.5. The predicted octanol–water partition coefficient (Wildman–Crippen LogP) is 1.01. The monoisotopic (exact) mass is 342 g/mol. The predicted molar refractivity (Wildman–Crippen MR) is 79.8 cm³/mol. The van der Waals surface area contributed by atoms with Crippen LogP contribution in [0.25, 0.3) is 11.2 Å². The Labute approximate surface area is 132 Å². The Morgan fingerprint density at radius 3 is 3.04 bits per heavy atom. The second-order valence-electron chi connectivity index (χ2n) is 5.18. The van der Waals surface area contributed by atoms with Gasteiger partial charge in [0.1, 0.15) is 18.9 Å². The van der Waals surface area contributed by atoms with Crippen LogP contribution in [0.5, 0.6) is 5.88 Å². The summed E-state index contributed by atoms with van der Waals surface area (Å²) in [5.74, 6) is -0.115. The minimum atomic E-state index is -2.14. The third-order valence-electron chi connectivity index (χ3n) is 3.76. The molecular weight excluding hydrogens is 325 g/mol. The first-order chi connectivity index (χ1) is 11.0. The lowest BCUT2D eigenvalue weighted by atomic mass is 10.0. The first-order valence-electron chi connectivity index (χ1n) is 7.00. The van der Waals surface area contributed by atoms with E-state index in [4.69, 9.17) is 19.5 Å². The fourth-order valence-electron chi connectivity index (χ4n) is 2.48. The molecule has 2 aromatic heterocycles. The Balaban J connectivity index is 1.93. The lowest BCUT2D eigenvalue weighted by Crippen LogP contribution is -2.31. The zero-order valence-electron chi connectivity index (χ0n) is 12.6. The van der Waals surface area contributed by atoms with Crippen LogP contribution in [-0.4, -0.2) is 44.4 Å². The summed E-state index contributed by atoms with van der Waals surface area (Å²) in [5, 5.41) is 10.6. The summed E-state index contributed by atoms with van der Waals surface area (Å²) in [5.41, 5.74) is 6.41. The van der Waals surface area contributed by atoms with Gasteiger partial charge in [-0.15, -0.1) is 9.05 Å². The minimum absolute atomic E-state index is 0.0151. The Morgan fingerprint density at radius 2 is 2.35 bits per heavy atom. The average Bonchev–Trinajstić information content (AvgIpc) is 2.96. The van der Waals surface area contributed by atoms with Crippen molar-refractivity contribution in [2.24, 2.45) is 5.92 Å². The van der Waals surface area contributed by atoms with Gasteiger partial charge in [-0.2, -0.15) is 9.97 Å². The van der Waals surface area contributed by atoms with Gasteiger partial charge in [0.2, 0.25) is 11.8 Å². The van der Waals surface area contributed by atoms with Crippen molar-refractivity contribution in [1.82, 2.24) is 19.5 Å². The van der Waals surface area contributed by atoms with Crippen molar-refractivity contribution < 1.29 is 23.5 Å². The number of ether oxygens (including phenoxy) is 1. The van der Waals surface area contributed by atoms with Gasteiger partial charge in [-0.3, -0.25) is 4.57 Å². The van der Waals surface area contributed by atoms with Crippen molar-refractivity contribution in [3.63, 3.8) is 0 Å². The van der Waals surface area contributed by atoms with E-state index in [1.54, 1.807) is 6.92 Å². The second-order valence-corrected chi connectivity index (χ2v) is 6.09. The lowest BCUT2D eigenvalue weighted by molar-refractivity contribution is -0.0295. The number of nitrogens with two attached hydrogens (primary N) is 1. The molecule has 0 aromatic carbocycles. The molecule has 1 aliphatic heterocycles.